The molecule has 2 rings (SSSR count). The molecule has 108 valence electrons. The van der Waals surface area contributed by atoms with Gasteiger partial charge in [-0.05, 0) is 41.2 Å². The Morgan fingerprint density at radius 3 is 2.29 bits per heavy atom. The van der Waals surface area contributed by atoms with Crippen LogP contribution in [-0.4, -0.2) is 11.1 Å². The van der Waals surface area contributed by atoms with Crippen LogP contribution in [0.2, 0.25) is 0 Å². The van der Waals surface area contributed by atoms with Crippen molar-refractivity contribution in [3.05, 3.63) is 77.4 Å². The summed E-state index contributed by atoms with van der Waals surface area (Å²) in [7, 11) is 0. The molecule has 0 fully saturated rings. The van der Waals surface area contributed by atoms with Crippen LogP contribution < -0.4 is 0 Å². The topological polar surface area (TPSA) is 37.3 Å². The maximum absolute atomic E-state index is 11.3. The summed E-state index contributed by atoms with van der Waals surface area (Å²) in [5.41, 5.74) is 4.91. The molecule has 2 heteroatoms. The molecule has 0 aliphatic rings. The molecule has 0 radical (unpaired) electrons. The average molecular weight is 280 g/mol. The van der Waals surface area contributed by atoms with E-state index in [2.05, 4.69) is 19.6 Å². The molecule has 0 spiro atoms. The Bertz CT molecular complexity index is 671. The van der Waals surface area contributed by atoms with Crippen molar-refractivity contribution in [1.82, 2.24) is 0 Å². The molecule has 1 unspecified atom stereocenters. The summed E-state index contributed by atoms with van der Waals surface area (Å²) < 4.78 is 0. The largest absolute Gasteiger partial charge is 0.481 e. The van der Waals surface area contributed by atoms with Crippen molar-refractivity contribution in [2.24, 2.45) is 0 Å². The molecular formula is C19H20O2. The molecule has 0 saturated carbocycles. The van der Waals surface area contributed by atoms with Gasteiger partial charge in [-0.3, -0.25) is 4.79 Å². The second-order valence-corrected chi connectivity index (χ2v) is 5.14. The molecule has 2 aromatic rings. The lowest BCUT2D eigenvalue weighted by Gasteiger charge is -2.17. The minimum absolute atomic E-state index is 0.549. The molecule has 0 aromatic heterocycles. The number of aliphatic carboxylic acids is 1. The minimum Gasteiger partial charge on any atom is -0.481 e. The molecule has 2 aromatic carbocycles. The summed E-state index contributed by atoms with van der Waals surface area (Å²) in [6, 6.07) is 15.7. The van der Waals surface area contributed by atoms with E-state index < -0.39 is 11.9 Å². The normalized spacial score (nSPS) is 11.9. The lowest BCUT2D eigenvalue weighted by molar-refractivity contribution is -0.138. The Labute approximate surface area is 125 Å². The van der Waals surface area contributed by atoms with Crippen LogP contribution in [0, 0.1) is 0 Å². The Morgan fingerprint density at radius 2 is 1.67 bits per heavy atom. The number of hydrogen-bond donors (Lipinski definition) is 1. The number of rotatable bonds is 5. The minimum atomic E-state index is -0.820. The number of benzene rings is 2. The van der Waals surface area contributed by atoms with Crippen LogP contribution >= 0.6 is 0 Å². The molecule has 0 heterocycles. The Morgan fingerprint density at radius 1 is 1.10 bits per heavy atom. The molecule has 1 N–H and O–H groups in total. The van der Waals surface area contributed by atoms with Crippen LogP contribution in [0.25, 0.3) is 5.57 Å². The average Bonchev–Trinajstić information content (AvgIpc) is 2.53. The molecular weight excluding hydrogens is 260 g/mol. The first-order valence-electron chi connectivity index (χ1n) is 7.15. The van der Waals surface area contributed by atoms with Gasteiger partial charge in [0.05, 0.1) is 5.92 Å². The lowest BCUT2D eigenvalue weighted by atomic mass is 9.87. The molecule has 21 heavy (non-hydrogen) atoms. The second kappa shape index (κ2) is 6.40. The number of carboxylic acid groups (broad SMARTS) is 1. The first kappa shape index (κ1) is 15.0. The smallest absolute Gasteiger partial charge is 0.310 e. The molecule has 0 saturated heterocycles. The predicted octanol–water partition coefficient (Wildman–Crippen LogP) is 4.50. The standard InChI is InChI=1S/C19H20O2/c1-4-15-9-5-6-10-16(15)13(2)17-11-7-8-12-18(17)14(3)19(20)21/h5-12,14H,2,4H2,1,3H3,(H,20,21). The van der Waals surface area contributed by atoms with Crippen LogP contribution in [0.3, 0.4) is 0 Å². The van der Waals surface area contributed by atoms with Crippen molar-refractivity contribution in [2.45, 2.75) is 26.2 Å². The molecule has 2 nitrogen and oxygen atoms in total. The highest BCUT2D eigenvalue weighted by molar-refractivity contribution is 5.85. The maximum atomic E-state index is 11.3. The fourth-order valence-corrected chi connectivity index (χ4v) is 2.55. The summed E-state index contributed by atoms with van der Waals surface area (Å²) in [5, 5.41) is 9.28. The fraction of sp³-hybridized carbons (Fsp3) is 0.211. The van der Waals surface area contributed by atoms with Gasteiger partial charge in [-0.1, -0.05) is 62.0 Å². The molecule has 1 atom stereocenters. The van der Waals surface area contributed by atoms with Crippen molar-refractivity contribution < 1.29 is 9.90 Å². The lowest BCUT2D eigenvalue weighted by Crippen LogP contribution is -2.10. The number of hydrogen-bond acceptors (Lipinski definition) is 1. The van der Waals surface area contributed by atoms with Crippen molar-refractivity contribution in [2.75, 3.05) is 0 Å². The SMILES string of the molecule is C=C(c1ccccc1CC)c1ccccc1C(C)C(=O)O. The highest BCUT2D eigenvalue weighted by Gasteiger charge is 2.19. The van der Waals surface area contributed by atoms with Gasteiger partial charge in [0.1, 0.15) is 0 Å². The molecule has 0 aliphatic carbocycles. The highest BCUT2D eigenvalue weighted by Crippen LogP contribution is 2.31. The van der Waals surface area contributed by atoms with Crippen molar-refractivity contribution >= 4 is 11.5 Å². The quantitative estimate of drug-likeness (QED) is 0.875. The van der Waals surface area contributed by atoms with Crippen LogP contribution in [0.5, 0.6) is 0 Å². The zero-order valence-corrected chi connectivity index (χ0v) is 12.5. The Balaban J connectivity index is 2.52. The van der Waals surface area contributed by atoms with Gasteiger partial charge >= 0.3 is 5.97 Å². The van der Waals surface area contributed by atoms with Gasteiger partial charge in [0.15, 0.2) is 0 Å². The number of carboxylic acids is 1. The van der Waals surface area contributed by atoms with Gasteiger partial charge in [0, 0.05) is 0 Å². The maximum Gasteiger partial charge on any atom is 0.310 e. The fourth-order valence-electron chi connectivity index (χ4n) is 2.55. The zero-order chi connectivity index (χ0) is 15.4. The zero-order valence-electron chi connectivity index (χ0n) is 12.5. The van der Waals surface area contributed by atoms with E-state index in [1.807, 2.05) is 42.5 Å². The van der Waals surface area contributed by atoms with Crippen LogP contribution in [-0.2, 0) is 11.2 Å². The van der Waals surface area contributed by atoms with E-state index in [-0.39, 0.29) is 0 Å². The summed E-state index contributed by atoms with van der Waals surface area (Å²) in [6.07, 6.45) is 0.922. The predicted molar refractivity (Wildman–Crippen MR) is 86.4 cm³/mol. The van der Waals surface area contributed by atoms with E-state index in [4.69, 9.17) is 0 Å². The van der Waals surface area contributed by atoms with Crippen molar-refractivity contribution in [1.29, 1.82) is 0 Å². The van der Waals surface area contributed by atoms with Gasteiger partial charge in [0.25, 0.3) is 0 Å². The van der Waals surface area contributed by atoms with E-state index >= 15 is 0 Å². The third kappa shape index (κ3) is 3.05. The third-order valence-electron chi connectivity index (χ3n) is 3.85. The first-order valence-corrected chi connectivity index (χ1v) is 7.15. The van der Waals surface area contributed by atoms with Gasteiger partial charge in [0.2, 0.25) is 0 Å². The first-order chi connectivity index (χ1) is 10.1. The monoisotopic (exact) mass is 280 g/mol. The molecule has 0 amide bonds. The van der Waals surface area contributed by atoms with Gasteiger partial charge < -0.3 is 5.11 Å². The van der Waals surface area contributed by atoms with E-state index in [9.17, 15) is 9.90 Å². The number of carbonyl (C=O) groups is 1. The molecule has 0 aliphatic heterocycles. The summed E-state index contributed by atoms with van der Waals surface area (Å²) in [5.74, 6) is -1.37. The van der Waals surface area contributed by atoms with Crippen molar-refractivity contribution in [3.63, 3.8) is 0 Å². The van der Waals surface area contributed by atoms with E-state index in [0.29, 0.717) is 0 Å². The van der Waals surface area contributed by atoms with Gasteiger partial charge in [-0.15, -0.1) is 0 Å². The molecule has 0 bridgehead atoms. The van der Waals surface area contributed by atoms with Crippen molar-refractivity contribution in [3.8, 4) is 0 Å². The highest BCUT2D eigenvalue weighted by atomic mass is 16.4. The second-order valence-electron chi connectivity index (χ2n) is 5.14. The third-order valence-corrected chi connectivity index (χ3v) is 3.85. The number of aryl methyl sites for hydroxylation is 1. The van der Waals surface area contributed by atoms with Crippen LogP contribution in [0.1, 0.15) is 42.0 Å². The van der Waals surface area contributed by atoms with E-state index in [0.717, 1.165) is 28.7 Å². The van der Waals surface area contributed by atoms with Crippen LogP contribution in [0.15, 0.2) is 55.1 Å². The van der Waals surface area contributed by atoms with Gasteiger partial charge in [-0.2, -0.15) is 0 Å². The van der Waals surface area contributed by atoms with E-state index in [1.54, 1.807) is 6.92 Å². The van der Waals surface area contributed by atoms with Crippen LogP contribution in [0.4, 0.5) is 0 Å². The van der Waals surface area contributed by atoms with Gasteiger partial charge in [-0.25, -0.2) is 0 Å². The summed E-state index contributed by atoms with van der Waals surface area (Å²) >= 11 is 0. The summed E-state index contributed by atoms with van der Waals surface area (Å²) in [4.78, 5) is 11.3. The summed E-state index contributed by atoms with van der Waals surface area (Å²) in [6.45, 7) is 8.03. The Hall–Kier alpha value is -2.35. The Kier molecular flexibility index (Phi) is 4.59. The van der Waals surface area contributed by atoms with E-state index in [1.165, 1.54) is 5.56 Å².